The van der Waals surface area contributed by atoms with E-state index in [9.17, 15) is 0 Å². The number of pyridine rings is 1. The van der Waals surface area contributed by atoms with Crippen LogP contribution in [0, 0.1) is 6.92 Å². The van der Waals surface area contributed by atoms with Crippen LogP contribution in [0.5, 0.6) is 0 Å². The molecule has 0 aliphatic carbocycles. The molecular formula is C17H18N4S. The van der Waals surface area contributed by atoms with Gasteiger partial charge < -0.3 is 5.32 Å². The number of nitrogens with one attached hydrogen (secondary N) is 1. The molecule has 22 heavy (non-hydrogen) atoms. The van der Waals surface area contributed by atoms with Crippen LogP contribution in [0.25, 0.3) is 21.8 Å². The summed E-state index contributed by atoms with van der Waals surface area (Å²) >= 11 is 1.53. The zero-order valence-electron chi connectivity index (χ0n) is 12.9. The number of aromatic nitrogens is 3. The van der Waals surface area contributed by atoms with Crippen LogP contribution in [-0.4, -0.2) is 22.2 Å². The Hall–Kier alpha value is -2.27. The summed E-state index contributed by atoms with van der Waals surface area (Å²) in [4.78, 5) is 4.73. The highest BCUT2D eigenvalue weighted by Gasteiger charge is 2.10. The molecule has 0 bridgehead atoms. The number of benzene rings is 1. The van der Waals surface area contributed by atoms with Gasteiger partial charge in [-0.2, -0.15) is 0 Å². The third-order valence-electron chi connectivity index (χ3n) is 3.61. The van der Waals surface area contributed by atoms with Crippen molar-refractivity contribution in [1.82, 2.24) is 15.2 Å². The summed E-state index contributed by atoms with van der Waals surface area (Å²) in [6.07, 6.45) is 1.05. The van der Waals surface area contributed by atoms with Gasteiger partial charge in [-0.3, -0.25) is 4.98 Å². The second-order valence-electron chi connectivity index (χ2n) is 5.04. The second-order valence-corrected chi connectivity index (χ2v) is 6.02. The van der Waals surface area contributed by atoms with Crippen LogP contribution < -0.4 is 5.32 Å². The van der Waals surface area contributed by atoms with Gasteiger partial charge in [0.1, 0.15) is 0 Å². The maximum Gasteiger partial charge on any atom is 0.205 e. The number of nitrogens with zero attached hydrogens (tertiary/aromatic N) is 3. The Bertz CT molecular complexity index is 778. The van der Waals surface area contributed by atoms with Crippen LogP contribution >= 0.6 is 11.3 Å². The molecular weight excluding hydrogens is 292 g/mol. The maximum absolute atomic E-state index is 4.73. The highest BCUT2D eigenvalue weighted by Crippen LogP contribution is 2.29. The van der Waals surface area contributed by atoms with Gasteiger partial charge in [0.05, 0.1) is 5.69 Å². The number of anilines is 1. The lowest BCUT2D eigenvalue weighted by Crippen LogP contribution is -1.91. The average Bonchev–Trinajstić information content (AvgIpc) is 3.03. The van der Waals surface area contributed by atoms with Crippen molar-refractivity contribution in [2.75, 3.05) is 12.4 Å². The van der Waals surface area contributed by atoms with Crippen molar-refractivity contribution in [3.05, 3.63) is 47.7 Å². The molecule has 0 radical (unpaired) electrons. The summed E-state index contributed by atoms with van der Waals surface area (Å²) in [6, 6.07) is 12.7. The third-order valence-corrected chi connectivity index (χ3v) is 4.59. The molecule has 3 rings (SSSR count). The van der Waals surface area contributed by atoms with Gasteiger partial charge >= 0.3 is 0 Å². The molecule has 4 nitrogen and oxygen atoms in total. The topological polar surface area (TPSA) is 50.7 Å². The lowest BCUT2D eigenvalue weighted by Gasteiger charge is -2.06. The van der Waals surface area contributed by atoms with Crippen LogP contribution in [0.4, 0.5) is 5.13 Å². The molecule has 2 aromatic heterocycles. The minimum atomic E-state index is 0.814. The molecule has 0 spiro atoms. The normalized spacial score (nSPS) is 10.7. The first-order chi connectivity index (χ1) is 10.7. The van der Waals surface area contributed by atoms with Crippen molar-refractivity contribution >= 4 is 16.5 Å². The molecule has 0 amide bonds. The first kappa shape index (κ1) is 14.7. The van der Waals surface area contributed by atoms with Gasteiger partial charge in [-0.15, -0.1) is 10.2 Å². The van der Waals surface area contributed by atoms with E-state index < -0.39 is 0 Å². The summed E-state index contributed by atoms with van der Waals surface area (Å²) < 4.78 is 0. The molecule has 0 saturated carbocycles. The van der Waals surface area contributed by atoms with E-state index in [0.29, 0.717) is 0 Å². The predicted octanol–water partition coefficient (Wildman–Crippen LogP) is 4.18. The Morgan fingerprint density at radius 3 is 2.41 bits per heavy atom. The van der Waals surface area contributed by atoms with Crippen molar-refractivity contribution < 1.29 is 0 Å². The molecule has 0 unspecified atom stereocenters. The zero-order chi connectivity index (χ0) is 15.5. The van der Waals surface area contributed by atoms with Crippen LogP contribution in [0.15, 0.2) is 36.4 Å². The molecule has 1 aromatic carbocycles. The second kappa shape index (κ2) is 6.23. The fourth-order valence-corrected chi connectivity index (χ4v) is 3.07. The standard InChI is InChI=1S/C17H18N4S/c1-4-12-5-7-13(8-6-12)15-10-9-14(11(2)19-15)16-20-21-17(18-3)22-16/h5-10H,4H2,1-3H3,(H,18,21). The largest absolute Gasteiger partial charge is 0.363 e. The van der Waals surface area contributed by atoms with Crippen molar-refractivity contribution in [3.63, 3.8) is 0 Å². The number of hydrogen-bond donors (Lipinski definition) is 1. The molecule has 5 heteroatoms. The van der Waals surface area contributed by atoms with Crippen molar-refractivity contribution in [2.45, 2.75) is 20.3 Å². The van der Waals surface area contributed by atoms with Gasteiger partial charge in [0.15, 0.2) is 5.01 Å². The molecule has 2 heterocycles. The monoisotopic (exact) mass is 310 g/mol. The van der Waals surface area contributed by atoms with Crippen LogP contribution in [0.2, 0.25) is 0 Å². The first-order valence-electron chi connectivity index (χ1n) is 7.30. The minimum Gasteiger partial charge on any atom is -0.363 e. The van der Waals surface area contributed by atoms with E-state index in [-0.39, 0.29) is 0 Å². The van der Waals surface area contributed by atoms with Crippen LogP contribution in [0.1, 0.15) is 18.2 Å². The molecule has 0 aliphatic rings. The molecule has 3 aromatic rings. The third kappa shape index (κ3) is 2.85. The Morgan fingerprint density at radius 1 is 1.05 bits per heavy atom. The van der Waals surface area contributed by atoms with E-state index >= 15 is 0 Å². The summed E-state index contributed by atoms with van der Waals surface area (Å²) in [7, 11) is 1.85. The van der Waals surface area contributed by atoms with Crippen molar-refractivity contribution in [2.24, 2.45) is 0 Å². The lowest BCUT2D eigenvalue weighted by atomic mass is 10.1. The minimum absolute atomic E-state index is 0.814. The van der Waals surface area contributed by atoms with Gasteiger partial charge in [-0.05, 0) is 31.0 Å². The quantitative estimate of drug-likeness (QED) is 0.785. The van der Waals surface area contributed by atoms with E-state index in [1.165, 1.54) is 16.9 Å². The molecule has 0 fully saturated rings. The molecule has 0 saturated heterocycles. The van der Waals surface area contributed by atoms with Gasteiger partial charge in [0.25, 0.3) is 0 Å². The fraction of sp³-hybridized carbons (Fsp3) is 0.235. The van der Waals surface area contributed by atoms with Crippen molar-refractivity contribution in [3.8, 4) is 21.8 Å². The van der Waals surface area contributed by atoms with Crippen LogP contribution in [-0.2, 0) is 6.42 Å². The lowest BCUT2D eigenvalue weighted by molar-refractivity contribution is 1.08. The highest BCUT2D eigenvalue weighted by molar-refractivity contribution is 7.18. The first-order valence-corrected chi connectivity index (χ1v) is 8.11. The van der Waals surface area contributed by atoms with E-state index in [0.717, 1.165) is 39.1 Å². The van der Waals surface area contributed by atoms with E-state index in [4.69, 9.17) is 4.98 Å². The maximum atomic E-state index is 4.73. The highest BCUT2D eigenvalue weighted by atomic mass is 32.1. The average molecular weight is 310 g/mol. The number of aryl methyl sites for hydroxylation is 2. The molecule has 112 valence electrons. The summed E-state index contributed by atoms with van der Waals surface area (Å²) in [5.74, 6) is 0. The SMILES string of the molecule is CCc1ccc(-c2ccc(-c3nnc(NC)s3)c(C)n2)cc1. The number of hydrogen-bond acceptors (Lipinski definition) is 5. The van der Waals surface area contributed by atoms with E-state index in [1.54, 1.807) is 0 Å². The number of rotatable bonds is 4. The Kier molecular flexibility index (Phi) is 4.15. The van der Waals surface area contributed by atoms with Crippen LogP contribution in [0.3, 0.4) is 0 Å². The summed E-state index contributed by atoms with van der Waals surface area (Å²) in [5.41, 5.74) is 5.47. The van der Waals surface area contributed by atoms with Gasteiger partial charge in [-0.25, -0.2) is 0 Å². The van der Waals surface area contributed by atoms with E-state index in [2.05, 4.69) is 52.8 Å². The molecule has 0 atom stereocenters. The Morgan fingerprint density at radius 2 is 1.82 bits per heavy atom. The van der Waals surface area contributed by atoms with Gasteiger partial charge in [0.2, 0.25) is 5.13 Å². The predicted molar refractivity (Wildman–Crippen MR) is 92.2 cm³/mol. The molecule has 0 aliphatic heterocycles. The van der Waals surface area contributed by atoms with E-state index in [1.807, 2.05) is 20.0 Å². The van der Waals surface area contributed by atoms with Gasteiger partial charge in [-0.1, -0.05) is 42.5 Å². The smallest absolute Gasteiger partial charge is 0.205 e. The summed E-state index contributed by atoms with van der Waals surface area (Å²) in [5, 5.41) is 13.0. The Balaban J connectivity index is 1.94. The molecule has 1 N–H and O–H groups in total. The Labute approximate surface area is 134 Å². The van der Waals surface area contributed by atoms with Gasteiger partial charge in [0, 0.05) is 23.9 Å². The zero-order valence-corrected chi connectivity index (χ0v) is 13.7. The fourth-order valence-electron chi connectivity index (χ4n) is 2.29. The summed E-state index contributed by atoms with van der Waals surface area (Å²) in [6.45, 7) is 4.17. The van der Waals surface area contributed by atoms with Crippen molar-refractivity contribution in [1.29, 1.82) is 0 Å².